The van der Waals surface area contributed by atoms with Gasteiger partial charge in [0.25, 0.3) is 5.22 Å². The number of carbonyl (C=O) groups is 1. The molecule has 0 spiro atoms. The van der Waals surface area contributed by atoms with Crippen LogP contribution in [0.2, 0.25) is 5.02 Å². The molecule has 0 aliphatic carbocycles. The molecule has 0 bridgehead atoms. The van der Waals surface area contributed by atoms with Gasteiger partial charge >= 0.3 is 0 Å². The van der Waals surface area contributed by atoms with Crippen LogP contribution < -0.4 is 0 Å². The Balaban J connectivity index is 1.66. The summed E-state index contributed by atoms with van der Waals surface area (Å²) in [5.74, 6) is 0.325. The molecule has 26 heavy (non-hydrogen) atoms. The highest BCUT2D eigenvalue weighted by Gasteiger charge is 2.13. The van der Waals surface area contributed by atoms with Gasteiger partial charge in [0.15, 0.2) is 15.6 Å². The monoisotopic (exact) mass is 408 g/mol. The second-order valence-corrected chi connectivity index (χ2v) is 8.77. The molecule has 2 aromatic carbocycles. The van der Waals surface area contributed by atoms with Crippen molar-refractivity contribution in [3.63, 3.8) is 0 Å². The molecule has 134 valence electrons. The van der Waals surface area contributed by atoms with E-state index in [4.69, 9.17) is 16.0 Å². The van der Waals surface area contributed by atoms with Gasteiger partial charge in [-0.1, -0.05) is 23.4 Å². The highest BCUT2D eigenvalue weighted by molar-refractivity contribution is 7.99. The summed E-state index contributed by atoms with van der Waals surface area (Å²) in [5.41, 5.74) is 1.15. The normalized spacial score (nSPS) is 11.5. The lowest BCUT2D eigenvalue weighted by Crippen LogP contribution is -2.01. The van der Waals surface area contributed by atoms with E-state index >= 15 is 0 Å². The molecule has 1 heterocycles. The van der Waals surface area contributed by atoms with Crippen molar-refractivity contribution >= 4 is 39.0 Å². The highest BCUT2D eigenvalue weighted by Crippen LogP contribution is 2.25. The van der Waals surface area contributed by atoms with E-state index in [1.54, 1.807) is 36.4 Å². The van der Waals surface area contributed by atoms with Gasteiger partial charge in [0.1, 0.15) is 0 Å². The van der Waals surface area contributed by atoms with E-state index in [0.29, 0.717) is 16.1 Å². The molecule has 0 aliphatic heterocycles. The first-order valence-corrected chi connectivity index (χ1v) is 10.6. The first-order valence-electron chi connectivity index (χ1n) is 7.38. The zero-order valence-corrected chi connectivity index (χ0v) is 15.9. The number of sulfone groups is 1. The number of Topliss-reactive ketones (excluding diaryl/α,β-unsaturated/α-hetero) is 1. The molecular formula is C17H13ClN2O4S2. The minimum atomic E-state index is -3.26. The van der Waals surface area contributed by atoms with Crippen LogP contribution in [0, 0.1) is 0 Å². The predicted molar refractivity (Wildman–Crippen MR) is 99.4 cm³/mol. The second kappa shape index (κ2) is 7.61. The summed E-state index contributed by atoms with van der Waals surface area (Å²) in [6.45, 7) is 0. The molecule has 3 rings (SSSR count). The van der Waals surface area contributed by atoms with Gasteiger partial charge in [-0.2, -0.15) is 0 Å². The van der Waals surface area contributed by atoms with E-state index in [-0.39, 0.29) is 27.5 Å². The van der Waals surface area contributed by atoms with Gasteiger partial charge in [0.2, 0.25) is 5.89 Å². The maximum absolute atomic E-state index is 12.1. The number of hydrogen-bond donors (Lipinski definition) is 0. The van der Waals surface area contributed by atoms with Crippen molar-refractivity contribution in [3.05, 3.63) is 59.1 Å². The summed E-state index contributed by atoms with van der Waals surface area (Å²) in [6.07, 6.45) is 1.14. The van der Waals surface area contributed by atoms with Crippen LogP contribution in [0.4, 0.5) is 0 Å². The minimum absolute atomic E-state index is 0.0797. The third kappa shape index (κ3) is 4.51. The van der Waals surface area contributed by atoms with Crippen molar-refractivity contribution in [3.8, 4) is 11.5 Å². The SMILES string of the molecule is CS(=O)(=O)c1ccc(-c2nnc(SCC(=O)c3ccc(Cl)cc3)o2)cc1. The van der Waals surface area contributed by atoms with Gasteiger partial charge in [0.05, 0.1) is 10.6 Å². The number of ketones is 1. The third-order valence-electron chi connectivity index (χ3n) is 3.43. The number of rotatable bonds is 6. The predicted octanol–water partition coefficient (Wildman–Crippen LogP) is 3.77. The Labute approximate surface area is 159 Å². The fraction of sp³-hybridized carbons (Fsp3) is 0.118. The maximum atomic E-state index is 12.1. The van der Waals surface area contributed by atoms with Crippen LogP contribution in [0.25, 0.3) is 11.5 Å². The number of nitrogens with zero attached hydrogens (tertiary/aromatic N) is 2. The van der Waals surface area contributed by atoms with Crippen molar-refractivity contribution in [1.82, 2.24) is 10.2 Å². The van der Waals surface area contributed by atoms with Gasteiger partial charge in [-0.15, -0.1) is 10.2 Å². The van der Waals surface area contributed by atoms with Crippen molar-refractivity contribution in [2.45, 2.75) is 10.1 Å². The lowest BCUT2D eigenvalue weighted by molar-refractivity contribution is 0.102. The summed E-state index contributed by atoms with van der Waals surface area (Å²) in [5, 5.41) is 8.65. The molecule has 1 aromatic heterocycles. The Morgan fingerprint density at radius 3 is 2.35 bits per heavy atom. The Kier molecular flexibility index (Phi) is 5.45. The van der Waals surface area contributed by atoms with E-state index in [2.05, 4.69) is 10.2 Å². The van der Waals surface area contributed by atoms with Crippen molar-refractivity contribution < 1.29 is 17.6 Å². The third-order valence-corrected chi connectivity index (χ3v) is 5.63. The Morgan fingerprint density at radius 2 is 1.73 bits per heavy atom. The zero-order valence-electron chi connectivity index (χ0n) is 13.5. The van der Waals surface area contributed by atoms with Crippen molar-refractivity contribution in [2.24, 2.45) is 0 Å². The molecule has 0 aliphatic rings. The van der Waals surface area contributed by atoms with Crippen LogP contribution in [-0.4, -0.2) is 36.4 Å². The smallest absolute Gasteiger partial charge is 0.277 e. The largest absolute Gasteiger partial charge is 0.411 e. The molecule has 0 fully saturated rings. The molecule has 0 amide bonds. The Morgan fingerprint density at radius 1 is 1.08 bits per heavy atom. The van der Waals surface area contributed by atoms with Crippen LogP contribution in [0.5, 0.6) is 0 Å². The van der Waals surface area contributed by atoms with Crippen LogP contribution in [0.15, 0.2) is 63.1 Å². The lowest BCUT2D eigenvalue weighted by Gasteiger charge is -1.99. The summed E-state index contributed by atoms with van der Waals surface area (Å²) < 4.78 is 28.5. The molecule has 3 aromatic rings. The fourth-order valence-corrected chi connectivity index (χ4v) is 3.49. The average molecular weight is 409 g/mol. The van der Waals surface area contributed by atoms with E-state index in [1.165, 1.54) is 12.1 Å². The van der Waals surface area contributed by atoms with Crippen LogP contribution in [0.3, 0.4) is 0 Å². The van der Waals surface area contributed by atoms with Gasteiger partial charge in [-0.05, 0) is 48.5 Å². The Bertz CT molecular complexity index is 1030. The molecular weight excluding hydrogens is 396 g/mol. The summed E-state index contributed by atoms with van der Waals surface area (Å²) in [4.78, 5) is 12.3. The highest BCUT2D eigenvalue weighted by atomic mass is 35.5. The van der Waals surface area contributed by atoms with Gasteiger partial charge < -0.3 is 4.42 Å². The second-order valence-electron chi connectivity index (χ2n) is 5.39. The minimum Gasteiger partial charge on any atom is -0.411 e. The topological polar surface area (TPSA) is 90.1 Å². The van der Waals surface area contributed by atoms with Gasteiger partial charge in [-0.3, -0.25) is 4.79 Å². The van der Waals surface area contributed by atoms with Crippen LogP contribution in [-0.2, 0) is 9.84 Å². The fourth-order valence-electron chi connectivity index (χ4n) is 2.08. The molecule has 0 unspecified atom stereocenters. The van der Waals surface area contributed by atoms with Gasteiger partial charge in [-0.25, -0.2) is 8.42 Å². The Hall–Kier alpha value is -2.16. The molecule has 6 nitrogen and oxygen atoms in total. The standard InChI is InChI=1S/C17H13ClN2O4S2/c1-26(22,23)14-8-4-12(5-9-14)16-19-20-17(24-16)25-10-15(21)11-2-6-13(18)7-3-11/h2-9H,10H2,1H3. The number of thioether (sulfide) groups is 1. The molecule has 0 atom stereocenters. The van der Waals surface area contributed by atoms with Crippen LogP contribution in [0.1, 0.15) is 10.4 Å². The average Bonchev–Trinajstić information content (AvgIpc) is 3.09. The van der Waals surface area contributed by atoms with Crippen molar-refractivity contribution in [2.75, 3.05) is 12.0 Å². The van der Waals surface area contributed by atoms with E-state index in [9.17, 15) is 13.2 Å². The lowest BCUT2D eigenvalue weighted by atomic mass is 10.1. The number of hydrogen-bond acceptors (Lipinski definition) is 7. The molecule has 9 heteroatoms. The van der Waals surface area contributed by atoms with Gasteiger partial charge in [0, 0.05) is 22.4 Å². The maximum Gasteiger partial charge on any atom is 0.277 e. The van der Waals surface area contributed by atoms with E-state index in [1.807, 2.05) is 0 Å². The summed E-state index contributed by atoms with van der Waals surface area (Å²) in [7, 11) is -3.26. The molecule has 0 N–H and O–H groups in total. The van der Waals surface area contributed by atoms with Crippen molar-refractivity contribution in [1.29, 1.82) is 0 Å². The quantitative estimate of drug-likeness (QED) is 0.453. The number of carbonyl (C=O) groups excluding carboxylic acids is 1. The molecule has 0 saturated heterocycles. The first-order chi connectivity index (χ1) is 12.3. The number of benzene rings is 2. The molecule has 0 saturated carbocycles. The van der Waals surface area contributed by atoms with Crippen LogP contribution >= 0.6 is 23.4 Å². The van der Waals surface area contributed by atoms with E-state index < -0.39 is 9.84 Å². The number of halogens is 1. The summed E-state index contributed by atoms with van der Waals surface area (Å²) >= 11 is 6.93. The zero-order chi connectivity index (χ0) is 18.7. The number of aromatic nitrogens is 2. The van der Waals surface area contributed by atoms with E-state index in [0.717, 1.165) is 18.0 Å². The first kappa shape index (κ1) is 18.6. The molecule has 0 radical (unpaired) electrons. The summed E-state index contributed by atoms with van der Waals surface area (Å²) in [6, 6.07) is 12.8.